The maximum absolute atomic E-state index is 13.2. The molecule has 2 heterocycles. The predicted octanol–water partition coefficient (Wildman–Crippen LogP) is 1.13. The van der Waals surface area contributed by atoms with Crippen molar-refractivity contribution < 1.29 is 27.8 Å². The van der Waals surface area contributed by atoms with Crippen LogP contribution in [0.3, 0.4) is 0 Å². The van der Waals surface area contributed by atoms with Gasteiger partial charge in [-0.05, 0) is 37.6 Å². The molecule has 0 unspecified atom stereocenters. The quantitative estimate of drug-likeness (QED) is 0.589. The number of aromatic nitrogens is 3. The Hall–Kier alpha value is -2.54. The van der Waals surface area contributed by atoms with Crippen LogP contribution < -0.4 is 4.74 Å². The van der Waals surface area contributed by atoms with Crippen molar-refractivity contribution in [2.75, 3.05) is 33.9 Å². The second kappa shape index (κ2) is 11.9. The molecule has 1 N–H and O–H groups in total. The number of hydrogen-bond acceptors (Lipinski definition) is 8. The zero-order chi connectivity index (χ0) is 25.6. The van der Waals surface area contributed by atoms with E-state index < -0.39 is 16.1 Å². The molecular weight excluding hydrogens is 474 g/mol. The van der Waals surface area contributed by atoms with Crippen LogP contribution in [0, 0.1) is 5.92 Å². The van der Waals surface area contributed by atoms with E-state index >= 15 is 0 Å². The van der Waals surface area contributed by atoms with Crippen LogP contribution in [0.1, 0.15) is 32.4 Å². The van der Waals surface area contributed by atoms with E-state index in [1.807, 2.05) is 6.92 Å². The Morgan fingerprint density at radius 2 is 2.03 bits per heavy atom. The SMILES string of the molecule is COc1ccc(S(=O)(=O)N(C)C[C@H]2OCc3cnnn3CCCC(=O)N([C@H](C)CO)C[C@H]2C)cc1. The highest BCUT2D eigenvalue weighted by Crippen LogP contribution is 2.22. The van der Waals surface area contributed by atoms with Crippen molar-refractivity contribution in [1.29, 1.82) is 0 Å². The van der Waals surface area contributed by atoms with Crippen LogP contribution in [0.15, 0.2) is 35.4 Å². The van der Waals surface area contributed by atoms with Crippen molar-refractivity contribution in [2.24, 2.45) is 5.92 Å². The van der Waals surface area contributed by atoms with Gasteiger partial charge in [0.1, 0.15) is 5.75 Å². The third-order valence-corrected chi connectivity index (χ3v) is 8.18. The first-order valence-electron chi connectivity index (χ1n) is 11.7. The summed E-state index contributed by atoms with van der Waals surface area (Å²) in [6.45, 7) is 4.68. The van der Waals surface area contributed by atoms with Gasteiger partial charge in [-0.3, -0.25) is 4.79 Å². The minimum absolute atomic E-state index is 0.0707. The van der Waals surface area contributed by atoms with Gasteiger partial charge in [-0.25, -0.2) is 13.1 Å². The van der Waals surface area contributed by atoms with Crippen molar-refractivity contribution >= 4 is 15.9 Å². The van der Waals surface area contributed by atoms with Gasteiger partial charge in [-0.15, -0.1) is 5.10 Å². The van der Waals surface area contributed by atoms with Gasteiger partial charge in [0.15, 0.2) is 0 Å². The third-order valence-electron chi connectivity index (χ3n) is 6.34. The molecule has 3 rings (SSSR count). The first kappa shape index (κ1) is 27.1. The summed E-state index contributed by atoms with van der Waals surface area (Å²) in [5.74, 6) is 0.277. The maximum Gasteiger partial charge on any atom is 0.242 e. The van der Waals surface area contributed by atoms with Crippen LogP contribution in [0.4, 0.5) is 0 Å². The molecule has 0 fully saturated rings. The average Bonchev–Trinajstić information content (AvgIpc) is 3.30. The van der Waals surface area contributed by atoms with E-state index in [-0.39, 0.29) is 42.5 Å². The lowest BCUT2D eigenvalue weighted by atomic mass is 10.0. The molecule has 3 atom stereocenters. The molecule has 11 nitrogen and oxygen atoms in total. The monoisotopic (exact) mass is 509 g/mol. The maximum atomic E-state index is 13.2. The number of likely N-dealkylation sites (N-methyl/N-ethyl adjacent to an activating group) is 1. The molecule has 12 heteroatoms. The number of amides is 1. The molecule has 0 bridgehead atoms. The van der Waals surface area contributed by atoms with Crippen molar-refractivity contribution in [2.45, 2.75) is 56.9 Å². The number of rotatable bonds is 7. The van der Waals surface area contributed by atoms with E-state index in [0.717, 1.165) is 5.69 Å². The van der Waals surface area contributed by atoms with Crippen molar-refractivity contribution in [3.8, 4) is 5.75 Å². The molecule has 1 aliphatic heterocycles. The van der Waals surface area contributed by atoms with E-state index in [2.05, 4.69) is 10.3 Å². The normalized spacial score (nSPS) is 21.2. The number of fused-ring (bicyclic) bond motifs is 1. The van der Waals surface area contributed by atoms with Crippen LogP contribution in [0.5, 0.6) is 5.75 Å². The molecule has 0 spiro atoms. The summed E-state index contributed by atoms with van der Waals surface area (Å²) >= 11 is 0. The number of aliphatic hydroxyl groups excluding tert-OH is 1. The highest BCUT2D eigenvalue weighted by atomic mass is 32.2. The lowest BCUT2D eigenvalue weighted by Crippen LogP contribution is -2.47. The van der Waals surface area contributed by atoms with Crippen molar-refractivity contribution in [1.82, 2.24) is 24.2 Å². The second-order valence-corrected chi connectivity index (χ2v) is 11.0. The first-order chi connectivity index (χ1) is 16.7. The molecule has 0 aliphatic carbocycles. The zero-order valence-corrected chi connectivity index (χ0v) is 21.5. The van der Waals surface area contributed by atoms with Crippen LogP contribution in [0.2, 0.25) is 0 Å². The molecule has 35 heavy (non-hydrogen) atoms. The zero-order valence-electron chi connectivity index (χ0n) is 20.7. The number of aryl methyl sites for hydroxylation is 1. The molecule has 0 radical (unpaired) electrons. The second-order valence-electron chi connectivity index (χ2n) is 8.92. The Morgan fingerprint density at radius 3 is 2.69 bits per heavy atom. The number of benzene rings is 1. The molecule has 0 saturated carbocycles. The van der Waals surface area contributed by atoms with Gasteiger partial charge in [0, 0.05) is 39.0 Å². The van der Waals surface area contributed by atoms with Crippen LogP contribution in [0.25, 0.3) is 0 Å². The number of aliphatic hydroxyl groups is 1. The number of sulfonamides is 1. The Kier molecular flexibility index (Phi) is 9.22. The Morgan fingerprint density at radius 1 is 1.31 bits per heavy atom. The summed E-state index contributed by atoms with van der Waals surface area (Å²) in [7, 11) is -0.755. The summed E-state index contributed by atoms with van der Waals surface area (Å²) in [6.07, 6.45) is 1.99. The van der Waals surface area contributed by atoms with Gasteiger partial charge in [0.05, 0.1) is 49.3 Å². The molecule has 1 aliphatic rings. The Labute approximate surface area is 206 Å². The highest BCUT2D eigenvalue weighted by molar-refractivity contribution is 7.89. The molecular formula is C23H35N5O6S. The van der Waals surface area contributed by atoms with Crippen LogP contribution >= 0.6 is 0 Å². The third kappa shape index (κ3) is 6.57. The number of ether oxygens (including phenoxy) is 2. The fourth-order valence-corrected chi connectivity index (χ4v) is 5.21. The largest absolute Gasteiger partial charge is 0.497 e. The van der Waals surface area contributed by atoms with E-state index in [1.54, 1.807) is 34.8 Å². The van der Waals surface area contributed by atoms with Crippen molar-refractivity contribution in [3.63, 3.8) is 0 Å². The van der Waals surface area contributed by atoms with E-state index in [0.29, 0.717) is 31.7 Å². The molecule has 194 valence electrons. The summed E-state index contributed by atoms with van der Waals surface area (Å²) in [5, 5.41) is 17.8. The fourth-order valence-electron chi connectivity index (χ4n) is 4.03. The van der Waals surface area contributed by atoms with E-state index in [4.69, 9.17) is 9.47 Å². The number of carbonyl (C=O) groups excluding carboxylic acids is 1. The van der Waals surface area contributed by atoms with Gasteiger partial charge in [-0.2, -0.15) is 4.31 Å². The van der Waals surface area contributed by atoms with Crippen LogP contribution in [-0.4, -0.2) is 89.6 Å². The minimum atomic E-state index is -3.78. The summed E-state index contributed by atoms with van der Waals surface area (Å²) in [4.78, 5) is 14.8. The Balaban J connectivity index is 1.86. The van der Waals surface area contributed by atoms with Gasteiger partial charge in [0.2, 0.25) is 15.9 Å². The van der Waals surface area contributed by atoms with Gasteiger partial charge < -0.3 is 19.5 Å². The molecule has 1 aromatic heterocycles. The summed E-state index contributed by atoms with van der Waals surface area (Å²) in [6, 6.07) is 5.84. The molecule has 1 amide bonds. The summed E-state index contributed by atoms with van der Waals surface area (Å²) < 4.78 is 40.8. The molecule has 0 saturated heterocycles. The number of nitrogens with zero attached hydrogens (tertiary/aromatic N) is 5. The highest BCUT2D eigenvalue weighted by Gasteiger charge is 2.31. The van der Waals surface area contributed by atoms with Crippen molar-refractivity contribution in [3.05, 3.63) is 36.2 Å². The minimum Gasteiger partial charge on any atom is -0.497 e. The topological polar surface area (TPSA) is 127 Å². The number of carbonyl (C=O) groups is 1. The van der Waals surface area contributed by atoms with Gasteiger partial charge >= 0.3 is 0 Å². The van der Waals surface area contributed by atoms with Crippen LogP contribution in [-0.2, 0) is 32.7 Å². The number of methoxy groups -OCH3 is 1. The average molecular weight is 510 g/mol. The fraction of sp³-hybridized carbons (Fsp3) is 0.609. The van der Waals surface area contributed by atoms with Gasteiger partial charge in [0.25, 0.3) is 0 Å². The predicted molar refractivity (Wildman–Crippen MR) is 128 cm³/mol. The molecule has 1 aromatic carbocycles. The smallest absolute Gasteiger partial charge is 0.242 e. The molecule has 2 aromatic rings. The standard InChI is InChI=1S/C23H35N5O6S/c1-17-13-27(18(2)15-29)23(30)6-5-11-28-19(12-24-25-28)16-34-22(17)14-26(3)35(31,32)21-9-7-20(33-4)8-10-21/h7-10,12,17-18,22,29H,5-6,11,13-16H2,1-4H3/t17-,18-,22-/m1/s1. The van der Waals surface area contributed by atoms with Gasteiger partial charge in [-0.1, -0.05) is 12.1 Å². The van der Waals surface area contributed by atoms with E-state index in [9.17, 15) is 18.3 Å². The van der Waals surface area contributed by atoms with E-state index in [1.165, 1.54) is 30.6 Å². The Bertz CT molecular complexity index is 1070. The lowest BCUT2D eigenvalue weighted by molar-refractivity contribution is -0.136. The number of hydrogen-bond donors (Lipinski definition) is 1. The first-order valence-corrected chi connectivity index (χ1v) is 13.1. The lowest BCUT2D eigenvalue weighted by Gasteiger charge is -2.35. The summed E-state index contributed by atoms with van der Waals surface area (Å²) in [5.41, 5.74) is 0.761.